The fraction of sp³-hybridized carbons (Fsp3) is 0.0435. The van der Waals surface area contributed by atoms with Crippen molar-refractivity contribution in [3.8, 4) is 17.2 Å². The summed E-state index contributed by atoms with van der Waals surface area (Å²) in [7, 11) is 0. The van der Waals surface area contributed by atoms with Gasteiger partial charge >= 0.3 is 0 Å². The highest BCUT2D eigenvalue weighted by Crippen LogP contribution is 2.34. The second-order valence-corrected chi connectivity index (χ2v) is 7.34. The van der Waals surface area contributed by atoms with E-state index >= 15 is 0 Å². The normalized spacial score (nSPS) is 11.8. The monoisotopic (exact) mass is 422 g/mol. The van der Waals surface area contributed by atoms with Crippen LogP contribution in [0.4, 0.5) is 5.69 Å². The standard InChI is InChI=1S/C23H16Cl2N2O2/c1-14-4-9-22-20(11-14)27-23(29-22)18-8-7-17(13-21(18)28)26-10-2-3-15-5-6-16(24)12-19(15)25/h2-13,28H,1H3. The van der Waals surface area contributed by atoms with Gasteiger partial charge in [0, 0.05) is 22.3 Å². The molecule has 0 amide bonds. The van der Waals surface area contributed by atoms with Gasteiger partial charge in [0.05, 0.1) is 11.3 Å². The minimum absolute atomic E-state index is 0.0488. The number of phenolic OH excluding ortho intramolecular Hbond substituents is 1. The van der Waals surface area contributed by atoms with Crippen molar-refractivity contribution in [2.45, 2.75) is 6.92 Å². The maximum atomic E-state index is 10.4. The predicted molar refractivity (Wildman–Crippen MR) is 119 cm³/mol. The Labute approximate surface area is 177 Å². The summed E-state index contributed by atoms with van der Waals surface area (Å²) in [5.74, 6) is 0.420. The second kappa shape index (κ2) is 8.11. The number of aryl methyl sites for hydroxylation is 1. The molecular weight excluding hydrogens is 407 g/mol. The molecule has 0 unspecified atom stereocenters. The van der Waals surface area contributed by atoms with Crippen LogP contribution in [0, 0.1) is 6.92 Å². The van der Waals surface area contributed by atoms with E-state index in [4.69, 9.17) is 27.6 Å². The highest BCUT2D eigenvalue weighted by atomic mass is 35.5. The third kappa shape index (κ3) is 4.34. The smallest absolute Gasteiger partial charge is 0.231 e. The first kappa shape index (κ1) is 19.2. The molecule has 0 radical (unpaired) electrons. The van der Waals surface area contributed by atoms with E-state index in [2.05, 4.69) is 9.98 Å². The van der Waals surface area contributed by atoms with Crippen LogP contribution in [0.15, 0.2) is 70.1 Å². The van der Waals surface area contributed by atoms with Crippen LogP contribution in [0.3, 0.4) is 0 Å². The van der Waals surface area contributed by atoms with E-state index in [1.807, 2.05) is 37.3 Å². The van der Waals surface area contributed by atoms with Crippen LogP contribution >= 0.6 is 23.2 Å². The average Bonchev–Trinajstić information content (AvgIpc) is 3.09. The van der Waals surface area contributed by atoms with Gasteiger partial charge in [0.1, 0.15) is 11.3 Å². The second-order valence-electron chi connectivity index (χ2n) is 6.49. The molecule has 0 bridgehead atoms. The molecule has 0 aliphatic heterocycles. The number of hydrogen-bond acceptors (Lipinski definition) is 4. The van der Waals surface area contributed by atoms with E-state index in [9.17, 15) is 5.11 Å². The molecule has 0 atom stereocenters. The van der Waals surface area contributed by atoms with Crippen molar-refractivity contribution in [1.82, 2.24) is 4.98 Å². The summed E-state index contributed by atoms with van der Waals surface area (Å²) in [6, 6.07) is 16.1. The van der Waals surface area contributed by atoms with Crippen LogP contribution in [-0.2, 0) is 0 Å². The number of fused-ring (bicyclic) bond motifs is 1. The Balaban J connectivity index is 1.53. The van der Waals surface area contributed by atoms with E-state index in [0.29, 0.717) is 32.8 Å². The number of halogens is 2. The highest BCUT2D eigenvalue weighted by Gasteiger charge is 2.12. The third-order valence-corrected chi connectivity index (χ3v) is 4.87. The minimum atomic E-state index is 0.0488. The van der Waals surface area contributed by atoms with Gasteiger partial charge in [-0.3, -0.25) is 4.99 Å². The fourth-order valence-electron chi connectivity index (χ4n) is 2.85. The van der Waals surface area contributed by atoms with Crippen molar-refractivity contribution >= 4 is 52.3 Å². The molecule has 1 heterocycles. The number of aromatic hydroxyl groups is 1. The van der Waals surface area contributed by atoms with Crippen molar-refractivity contribution in [3.63, 3.8) is 0 Å². The van der Waals surface area contributed by atoms with Gasteiger partial charge in [-0.2, -0.15) is 0 Å². The number of allylic oxidation sites excluding steroid dienone is 1. The largest absolute Gasteiger partial charge is 0.507 e. The van der Waals surface area contributed by atoms with E-state index < -0.39 is 0 Å². The number of aromatic nitrogens is 1. The SMILES string of the molecule is Cc1ccc2oc(-c3ccc(N=CC=Cc4ccc(Cl)cc4Cl)cc3O)nc2c1. The molecule has 3 aromatic carbocycles. The van der Waals surface area contributed by atoms with Gasteiger partial charge in [0.15, 0.2) is 5.58 Å². The predicted octanol–water partition coefficient (Wildman–Crippen LogP) is 7.23. The van der Waals surface area contributed by atoms with Crippen LogP contribution < -0.4 is 0 Å². The van der Waals surface area contributed by atoms with Crippen LogP contribution in [0.2, 0.25) is 10.0 Å². The Kier molecular flexibility index (Phi) is 5.38. The van der Waals surface area contributed by atoms with Gasteiger partial charge in [0.2, 0.25) is 5.89 Å². The molecule has 6 heteroatoms. The number of aliphatic imine (C=N–C) groups is 1. The van der Waals surface area contributed by atoms with E-state index in [1.54, 1.807) is 42.6 Å². The van der Waals surface area contributed by atoms with Crippen molar-refractivity contribution in [2.24, 2.45) is 4.99 Å². The number of oxazole rings is 1. The van der Waals surface area contributed by atoms with E-state index in [-0.39, 0.29) is 5.75 Å². The van der Waals surface area contributed by atoms with Gasteiger partial charge in [-0.25, -0.2) is 4.98 Å². The zero-order chi connectivity index (χ0) is 20.4. The molecule has 144 valence electrons. The van der Waals surface area contributed by atoms with Crippen LogP contribution in [-0.4, -0.2) is 16.3 Å². The molecule has 1 N–H and O–H groups in total. The fourth-order valence-corrected chi connectivity index (χ4v) is 3.32. The van der Waals surface area contributed by atoms with Gasteiger partial charge in [-0.05, 0) is 60.5 Å². The summed E-state index contributed by atoms with van der Waals surface area (Å²) < 4.78 is 5.75. The molecule has 0 aliphatic carbocycles. The molecule has 0 spiro atoms. The molecule has 0 aliphatic rings. The first-order chi connectivity index (χ1) is 14.0. The Bertz CT molecular complexity index is 1260. The molecule has 4 aromatic rings. The molecular formula is C23H16Cl2N2O2. The van der Waals surface area contributed by atoms with Crippen LogP contribution in [0.1, 0.15) is 11.1 Å². The molecule has 0 saturated carbocycles. The number of phenols is 1. The molecule has 1 aromatic heterocycles. The number of benzene rings is 3. The van der Waals surface area contributed by atoms with Gasteiger partial charge in [0.25, 0.3) is 0 Å². The molecule has 0 fully saturated rings. The quantitative estimate of drug-likeness (QED) is 0.352. The Morgan fingerprint density at radius 2 is 1.90 bits per heavy atom. The number of hydrogen-bond donors (Lipinski definition) is 1. The zero-order valence-electron chi connectivity index (χ0n) is 15.4. The first-order valence-electron chi connectivity index (χ1n) is 8.86. The summed E-state index contributed by atoms with van der Waals surface area (Å²) in [5.41, 5.74) is 4.49. The lowest BCUT2D eigenvalue weighted by Gasteiger charge is -2.01. The summed E-state index contributed by atoms with van der Waals surface area (Å²) in [5, 5.41) is 11.6. The van der Waals surface area contributed by atoms with Gasteiger partial charge in [-0.15, -0.1) is 0 Å². The maximum Gasteiger partial charge on any atom is 0.231 e. The summed E-state index contributed by atoms with van der Waals surface area (Å²) in [4.78, 5) is 8.79. The molecule has 4 rings (SSSR count). The maximum absolute atomic E-state index is 10.4. The van der Waals surface area contributed by atoms with Gasteiger partial charge < -0.3 is 9.52 Å². The van der Waals surface area contributed by atoms with Crippen LogP contribution in [0.25, 0.3) is 28.6 Å². The zero-order valence-corrected chi connectivity index (χ0v) is 16.9. The number of rotatable bonds is 4. The lowest BCUT2D eigenvalue weighted by Crippen LogP contribution is -1.79. The van der Waals surface area contributed by atoms with Crippen molar-refractivity contribution in [1.29, 1.82) is 0 Å². The molecule has 4 nitrogen and oxygen atoms in total. The highest BCUT2D eigenvalue weighted by molar-refractivity contribution is 6.35. The number of nitrogens with zero attached hydrogens (tertiary/aromatic N) is 2. The van der Waals surface area contributed by atoms with E-state index in [0.717, 1.165) is 16.6 Å². The Morgan fingerprint density at radius 1 is 1.03 bits per heavy atom. The molecule has 29 heavy (non-hydrogen) atoms. The van der Waals surface area contributed by atoms with Gasteiger partial charge in [-0.1, -0.05) is 41.4 Å². The Hall–Kier alpha value is -3.08. The summed E-state index contributed by atoms with van der Waals surface area (Å²) >= 11 is 12.0. The first-order valence-corrected chi connectivity index (χ1v) is 9.61. The topological polar surface area (TPSA) is 58.6 Å². The Morgan fingerprint density at radius 3 is 2.69 bits per heavy atom. The molecule has 0 saturated heterocycles. The van der Waals surface area contributed by atoms with Crippen LogP contribution in [0.5, 0.6) is 5.75 Å². The minimum Gasteiger partial charge on any atom is -0.507 e. The lowest BCUT2D eigenvalue weighted by atomic mass is 10.2. The summed E-state index contributed by atoms with van der Waals surface area (Å²) in [6.07, 6.45) is 5.22. The summed E-state index contributed by atoms with van der Waals surface area (Å²) in [6.45, 7) is 1.99. The third-order valence-electron chi connectivity index (χ3n) is 4.30. The van der Waals surface area contributed by atoms with Crippen molar-refractivity contribution in [2.75, 3.05) is 0 Å². The van der Waals surface area contributed by atoms with Crippen molar-refractivity contribution in [3.05, 3.63) is 81.8 Å². The average molecular weight is 423 g/mol. The lowest BCUT2D eigenvalue weighted by molar-refractivity contribution is 0.474. The van der Waals surface area contributed by atoms with E-state index in [1.165, 1.54) is 0 Å². The van der Waals surface area contributed by atoms with Crippen molar-refractivity contribution < 1.29 is 9.52 Å².